The van der Waals surface area contributed by atoms with Crippen molar-refractivity contribution in [3.63, 3.8) is 0 Å². The van der Waals surface area contributed by atoms with E-state index in [0.29, 0.717) is 0 Å². The Morgan fingerprint density at radius 1 is 1.38 bits per heavy atom. The summed E-state index contributed by atoms with van der Waals surface area (Å²) < 4.78 is 4.31. The number of urea groups is 1. The largest absolute Gasteiger partial charge is 0.460 e. The SMILES string of the molecule is CCOC(=O)C(C)=O.NNC(N)=O. The topological polar surface area (TPSA) is 125 Å². The second kappa shape index (κ2) is 8.47. The summed E-state index contributed by atoms with van der Waals surface area (Å²) in [7, 11) is 0. The number of rotatable bonds is 2. The van der Waals surface area contributed by atoms with Gasteiger partial charge >= 0.3 is 12.0 Å². The molecule has 0 aromatic heterocycles. The van der Waals surface area contributed by atoms with Gasteiger partial charge in [0.1, 0.15) is 0 Å². The Morgan fingerprint density at radius 2 is 1.77 bits per heavy atom. The zero-order chi connectivity index (χ0) is 10.9. The van der Waals surface area contributed by atoms with Crippen molar-refractivity contribution in [2.75, 3.05) is 6.61 Å². The van der Waals surface area contributed by atoms with Crippen LogP contribution in [0, 0.1) is 0 Å². The molecule has 0 aromatic carbocycles. The first-order valence-electron chi connectivity index (χ1n) is 3.39. The minimum Gasteiger partial charge on any atom is -0.460 e. The van der Waals surface area contributed by atoms with Gasteiger partial charge in [0, 0.05) is 6.92 Å². The van der Waals surface area contributed by atoms with E-state index in [2.05, 4.69) is 16.3 Å². The van der Waals surface area contributed by atoms with E-state index >= 15 is 0 Å². The highest BCUT2D eigenvalue weighted by Gasteiger charge is 2.05. The highest BCUT2D eigenvalue weighted by molar-refractivity contribution is 6.32. The Morgan fingerprint density at radius 3 is 1.85 bits per heavy atom. The van der Waals surface area contributed by atoms with Gasteiger partial charge < -0.3 is 10.5 Å². The molecule has 0 bridgehead atoms. The van der Waals surface area contributed by atoms with Crippen LogP contribution in [0.2, 0.25) is 0 Å². The number of esters is 1. The maximum Gasteiger partial charge on any atom is 0.374 e. The molecule has 0 aliphatic heterocycles. The van der Waals surface area contributed by atoms with Gasteiger partial charge in [0.15, 0.2) is 0 Å². The number of nitrogens with two attached hydrogens (primary N) is 2. The lowest BCUT2D eigenvalue weighted by Crippen LogP contribution is -2.34. The lowest BCUT2D eigenvalue weighted by Gasteiger charge is -1.93. The lowest BCUT2D eigenvalue weighted by molar-refractivity contribution is -0.152. The molecule has 0 aliphatic rings. The third-order valence-electron chi connectivity index (χ3n) is 0.705. The summed E-state index contributed by atoms with van der Waals surface area (Å²) in [6.07, 6.45) is 0. The minimum absolute atomic E-state index is 0.262. The van der Waals surface area contributed by atoms with E-state index in [9.17, 15) is 14.4 Å². The van der Waals surface area contributed by atoms with E-state index in [4.69, 9.17) is 0 Å². The van der Waals surface area contributed by atoms with Crippen molar-refractivity contribution >= 4 is 17.8 Å². The molecule has 0 rings (SSSR count). The molecule has 0 unspecified atom stereocenters. The van der Waals surface area contributed by atoms with Crippen LogP contribution in [0.25, 0.3) is 0 Å². The van der Waals surface area contributed by atoms with Gasteiger partial charge in [0.25, 0.3) is 0 Å². The first kappa shape index (κ1) is 13.9. The van der Waals surface area contributed by atoms with Crippen LogP contribution in [-0.2, 0) is 14.3 Å². The van der Waals surface area contributed by atoms with Crippen molar-refractivity contribution < 1.29 is 19.1 Å². The maximum absolute atomic E-state index is 10.2. The van der Waals surface area contributed by atoms with E-state index in [-0.39, 0.29) is 6.61 Å². The quantitative estimate of drug-likeness (QED) is 0.164. The van der Waals surface area contributed by atoms with Crippen molar-refractivity contribution in [3.8, 4) is 0 Å². The molecule has 0 spiro atoms. The average molecular weight is 191 g/mol. The summed E-state index contributed by atoms with van der Waals surface area (Å²) in [6.45, 7) is 3.09. The Labute approximate surface area is 75.4 Å². The van der Waals surface area contributed by atoms with Gasteiger partial charge in [-0.3, -0.25) is 10.2 Å². The van der Waals surface area contributed by atoms with Crippen molar-refractivity contribution in [3.05, 3.63) is 0 Å². The van der Waals surface area contributed by atoms with Gasteiger partial charge in [-0.25, -0.2) is 15.4 Å². The summed E-state index contributed by atoms with van der Waals surface area (Å²) in [5, 5.41) is 0. The Balaban J connectivity index is 0. The fourth-order valence-electron chi connectivity index (χ4n) is 0.233. The number of Topliss-reactive ketones (excluding diaryl/α,β-unsaturated/α-hetero) is 1. The predicted octanol–water partition coefficient (Wildman–Crippen LogP) is -1.33. The molecule has 7 nitrogen and oxygen atoms in total. The van der Waals surface area contributed by atoms with Crippen LogP contribution in [0.4, 0.5) is 4.79 Å². The van der Waals surface area contributed by atoms with Crippen molar-refractivity contribution in [1.29, 1.82) is 0 Å². The number of hydrogen-bond acceptors (Lipinski definition) is 5. The lowest BCUT2D eigenvalue weighted by atomic mass is 10.5. The molecule has 0 atom stereocenters. The van der Waals surface area contributed by atoms with Crippen LogP contribution < -0.4 is 17.0 Å². The molecular weight excluding hydrogens is 178 g/mol. The van der Waals surface area contributed by atoms with Gasteiger partial charge in [0.05, 0.1) is 6.61 Å². The van der Waals surface area contributed by atoms with E-state index in [1.165, 1.54) is 6.92 Å². The smallest absolute Gasteiger partial charge is 0.374 e. The summed E-state index contributed by atoms with van der Waals surface area (Å²) in [4.78, 5) is 29.6. The Kier molecular flexibility index (Phi) is 9.07. The first-order chi connectivity index (χ1) is 5.95. The normalized spacial score (nSPS) is 7.62. The number of ketones is 1. The van der Waals surface area contributed by atoms with Crippen LogP contribution in [0.5, 0.6) is 0 Å². The molecule has 0 saturated carbocycles. The predicted molar refractivity (Wildman–Crippen MR) is 44.2 cm³/mol. The molecule has 0 aliphatic carbocycles. The third-order valence-corrected chi connectivity index (χ3v) is 0.705. The molecule has 76 valence electrons. The molecule has 0 radical (unpaired) electrons. The van der Waals surface area contributed by atoms with E-state index in [0.717, 1.165) is 0 Å². The van der Waals surface area contributed by atoms with E-state index < -0.39 is 17.8 Å². The molecule has 7 heteroatoms. The molecule has 0 saturated heterocycles. The third kappa shape index (κ3) is 13.4. The molecule has 2 amide bonds. The standard InChI is InChI=1S/C5H8O3.CH5N3O/c1-3-8-5(7)4(2)6;2-1(5)4-3/h3H2,1-2H3;3H2,(H3,2,4,5). The fourth-order valence-corrected chi connectivity index (χ4v) is 0.233. The highest BCUT2D eigenvalue weighted by atomic mass is 16.5. The van der Waals surface area contributed by atoms with Gasteiger partial charge in [-0.05, 0) is 6.92 Å². The number of amides is 2. The van der Waals surface area contributed by atoms with Crippen LogP contribution in [-0.4, -0.2) is 24.4 Å². The van der Waals surface area contributed by atoms with Crippen LogP contribution in [0.3, 0.4) is 0 Å². The highest BCUT2D eigenvalue weighted by Crippen LogP contribution is 1.77. The fraction of sp³-hybridized carbons (Fsp3) is 0.500. The maximum atomic E-state index is 10.2. The number of hydrazine groups is 1. The molecular formula is C6H13N3O4. The summed E-state index contributed by atoms with van der Waals surface area (Å²) in [6, 6.07) is -0.718. The summed E-state index contributed by atoms with van der Waals surface area (Å²) >= 11 is 0. The van der Waals surface area contributed by atoms with E-state index in [1.54, 1.807) is 12.3 Å². The number of carbonyl (C=O) groups excluding carboxylic acids is 3. The van der Waals surface area contributed by atoms with Gasteiger partial charge in [0.2, 0.25) is 5.78 Å². The summed E-state index contributed by atoms with van der Waals surface area (Å²) in [5.74, 6) is 3.14. The minimum atomic E-state index is -0.757. The second-order valence-corrected chi connectivity index (χ2v) is 1.79. The number of ether oxygens (including phenoxy) is 1. The summed E-state index contributed by atoms with van der Waals surface area (Å²) in [5.41, 5.74) is 6.08. The second-order valence-electron chi connectivity index (χ2n) is 1.79. The van der Waals surface area contributed by atoms with Crippen LogP contribution >= 0.6 is 0 Å². The molecule has 0 heterocycles. The molecule has 0 aromatic rings. The molecule has 5 N–H and O–H groups in total. The Bertz CT molecular complexity index is 192. The number of primary amides is 1. The van der Waals surface area contributed by atoms with Gasteiger partial charge in [-0.15, -0.1) is 0 Å². The molecule has 0 fully saturated rings. The zero-order valence-electron chi connectivity index (χ0n) is 7.49. The molecule has 13 heavy (non-hydrogen) atoms. The number of hydrogen-bond donors (Lipinski definition) is 3. The van der Waals surface area contributed by atoms with Crippen molar-refractivity contribution in [2.24, 2.45) is 11.6 Å². The zero-order valence-corrected chi connectivity index (χ0v) is 7.49. The van der Waals surface area contributed by atoms with Gasteiger partial charge in [-0.2, -0.15) is 0 Å². The van der Waals surface area contributed by atoms with Crippen LogP contribution in [0.1, 0.15) is 13.8 Å². The number of nitrogens with one attached hydrogen (secondary N) is 1. The number of carbonyl (C=O) groups is 3. The van der Waals surface area contributed by atoms with Crippen molar-refractivity contribution in [1.82, 2.24) is 5.43 Å². The first-order valence-corrected chi connectivity index (χ1v) is 3.39. The van der Waals surface area contributed by atoms with Crippen LogP contribution in [0.15, 0.2) is 0 Å². The van der Waals surface area contributed by atoms with Gasteiger partial charge in [-0.1, -0.05) is 0 Å². The average Bonchev–Trinajstić information content (AvgIpc) is 2.06. The Hall–Kier alpha value is -1.63. The van der Waals surface area contributed by atoms with E-state index in [1.807, 2.05) is 0 Å². The van der Waals surface area contributed by atoms with Crippen molar-refractivity contribution in [2.45, 2.75) is 13.8 Å². The monoisotopic (exact) mass is 191 g/mol.